The number of carbonyl (C=O) groups is 1. The van der Waals surface area contributed by atoms with Gasteiger partial charge in [0.15, 0.2) is 0 Å². The van der Waals surface area contributed by atoms with Crippen molar-refractivity contribution in [3.8, 4) is 0 Å². The molecule has 6 nitrogen and oxygen atoms in total. The van der Waals surface area contributed by atoms with Gasteiger partial charge in [0.1, 0.15) is 0 Å². The summed E-state index contributed by atoms with van der Waals surface area (Å²) in [5, 5.41) is 6.11. The molecular weight excluding hydrogens is 398 g/mol. The van der Waals surface area contributed by atoms with E-state index in [2.05, 4.69) is 10.6 Å². The van der Waals surface area contributed by atoms with Crippen molar-refractivity contribution in [2.75, 3.05) is 32.7 Å². The summed E-state index contributed by atoms with van der Waals surface area (Å²) >= 11 is 0. The second-order valence-corrected chi connectivity index (χ2v) is 9.40. The number of hydrogen-bond donors (Lipinski definition) is 2. The van der Waals surface area contributed by atoms with E-state index in [1.165, 1.54) is 17.5 Å². The Balaban J connectivity index is 0.00000280. The normalized spacial score (nSPS) is 18.2. The van der Waals surface area contributed by atoms with Gasteiger partial charge in [-0.2, -0.15) is 4.31 Å². The number of nitrogens with zero attached hydrogens (tertiary/aromatic N) is 1. The number of fused-ring (bicyclic) bond motifs is 1. The van der Waals surface area contributed by atoms with E-state index < -0.39 is 10.0 Å². The van der Waals surface area contributed by atoms with Gasteiger partial charge in [0.2, 0.25) is 15.9 Å². The van der Waals surface area contributed by atoms with Crippen LogP contribution in [0.15, 0.2) is 23.1 Å². The molecule has 1 amide bonds. The summed E-state index contributed by atoms with van der Waals surface area (Å²) in [5.41, 5.74) is 2.46. The van der Waals surface area contributed by atoms with E-state index in [-0.39, 0.29) is 24.2 Å². The molecule has 0 aromatic heterocycles. The number of sulfonamides is 1. The van der Waals surface area contributed by atoms with E-state index in [0.717, 1.165) is 32.4 Å². The molecule has 1 aliphatic carbocycles. The molecule has 0 radical (unpaired) electrons. The van der Waals surface area contributed by atoms with Gasteiger partial charge in [-0.05, 0) is 68.3 Å². The maximum absolute atomic E-state index is 13.0. The number of rotatable bonds is 7. The summed E-state index contributed by atoms with van der Waals surface area (Å²) in [6.07, 6.45) is 5.49. The van der Waals surface area contributed by atoms with Crippen molar-refractivity contribution in [2.24, 2.45) is 5.92 Å². The van der Waals surface area contributed by atoms with Crippen LogP contribution < -0.4 is 10.6 Å². The van der Waals surface area contributed by atoms with Gasteiger partial charge in [-0.3, -0.25) is 4.79 Å². The predicted molar refractivity (Wildman–Crippen MR) is 113 cm³/mol. The Morgan fingerprint density at radius 3 is 2.46 bits per heavy atom. The lowest BCUT2D eigenvalue weighted by atomic mass is 9.92. The molecule has 0 saturated carbocycles. The molecule has 2 aliphatic rings. The molecule has 0 spiro atoms. The van der Waals surface area contributed by atoms with E-state index in [1.807, 2.05) is 19.1 Å². The number of likely N-dealkylation sites (N-methyl/N-ethyl adjacent to an activating group) is 1. The Bertz CT molecular complexity index is 762. The Kier molecular flexibility index (Phi) is 8.74. The average Bonchev–Trinajstić information content (AvgIpc) is 2.70. The van der Waals surface area contributed by atoms with Gasteiger partial charge < -0.3 is 10.6 Å². The van der Waals surface area contributed by atoms with Gasteiger partial charge in [0.25, 0.3) is 0 Å². The molecule has 1 aliphatic heterocycles. The third-order valence-corrected chi connectivity index (χ3v) is 7.53. The Morgan fingerprint density at radius 1 is 1.11 bits per heavy atom. The fraction of sp³-hybridized carbons (Fsp3) is 0.650. The molecule has 1 heterocycles. The number of amides is 1. The smallest absolute Gasteiger partial charge is 0.243 e. The van der Waals surface area contributed by atoms with Crippen molar-refractivity contribution in [2.45, 2.75) is 50.3 Å². The number of hydrogen-bond acceptors (Lipinski definition) is 4. The first-order valence-electron chi connectivity index (χ1n) is 10.1. The number of halogens is 1. The van der Waals surface area contributed by atoms with Crippen molar-refractivity contribution in [3.05, 3.63) is 29.3 Å². The van der Waals surface area contributed by atoms with Crippen LogP contribution in [0.5, 0.6) is 0 Å². The summed E-state index contributed by atoms with van der Waals surface area (Å²) in [4.78, 5) is 12.6. The van der Waals surface area contributed by atoms with E-state index in [9.17, 15) is 13.2 Å². The van der Waals surface area contributed by atoms with Gasteiger partial charge >= 0.3 is 0 Å². The predicted octanol–water partition coefficient (Wildman–Crippen LogP) is 2.11. The molecule has 2 N–H and O–H groups in total. The molecular formula is C20H32ClN3O3S. The zero-order valence-corrected chi connectivity index (χ0v) is 18.2. The Morgan fingerprint density at radius 2 is 1.79 bits per heavy atom. The SMILES string of the molecule is CCNCCNC(=O)C1CCN(S(=O)(=O)c2ccc3c(c2)CCCC3)CC1.Cl. The van der Waals surface area contributed by atoms with Crippen molar-refractivity contribution in [1.82, 2.24) is 14.9 Å². The number of benzene rings is 1. The van der Waals surface area contributed by atoms with Gasteiger partial charge in [-0.1, -0.05) is 13.0 Å². The molecule has 1 aromatic rings. The summed E-state index contributed by atoms with van der Waals surface area (Å²) in [6.45, 7) is 5.10. The first-order valence-corrected chi connectivity index (χ1v) is 11.6. The van der Waals surface area contributed by atoms with Gasteiger partial charge in [-0.15, -0.1) is 12.4 Å². The summed E-state index contributed by atoms with van der Waals surface area (Å²) in [6, 6.07) is 5.59. The van der Waals surface area contributed by atoms with Crippen LogP contribution in [0, 0.1) is 5.92 Å². The van der Waals surface area contributed by atoms with Crippen LogP contribution in [0.4, 0.5) is 0 Å². The first kappa shape index (κ1) is 23.1. The Labute approximate surface area is 174 Å². The highest BCUT2D eigenvalue weighted by atomic mass is 35.5. The monoisotopic (exact) mass is 429 g/mol. The van der Waals surface area contributed by atoms with Gasteiger partial charge in [-0.25, -0.2) is 8.42 Å². The standard InChI is InChI=1S/C20H31N3O3S.ClH/c1-2-21-11-12-22-20(24)17-9-13-23(14-10-17)27(25,26)19-8-7-16-5-3-4-6-18(16)15-19;/h7-8,15,17,21H,2-6,9-14H2,1H3,(H,22,24);1H. The van der Waals surface area contributed by atoms with Crippen LogP contribution in [0.1, 0.15) is 43.7 Å². The van der Waals surface area contributed by atoms with E-state index >= 15 is 0 Å². The van der Waals surface area contributed by atoms with Crippen molar-refractivity contribution in [1.29, 1.82) is 0 Å². The molecule has 1 saturated heterocycles. The number of aryl methyl sites for hydroxylation is 2. The topological polar surface area (TPSA) is 78.5 Å². The molecule has 1 fully saturated rings. The molecule has 8 heteroatoms. The average molecular weight is 430 g/mol. The van der Waals surface area contributed by atoms with E-state index in [4.69, 9.17) is 0 Å². The Hall–Kier alpha value is -1.15. The highest BCUT2D eigenvalue weighted by Crippen LogP contribution is 2.28. The first-order chi connectivity index (χ1) is 13.0. The van der Waals surface area contributed by atoms with Gasteiger partial charge in [0.05, 0.1) is 4.90 Å². The summed E-state index contributed by atoms with van der Waals surface area (Å²) in [5.74, 6) is -0.0552. The minimum atomic E-state index is -3.48. The maximum atomic E-state index is 13.0. The lowest BCUT2D eigenvalue weighted by molar-refractivity contribution is -0.126. The molecule has 0 atom stereocenters. The number of piperidine rings is 1. The van der Waals surface area contributed by atoms with E-state index in [0.29, 0.717) is 37.4 Å². The number of nitrogens with one attached hydrogen (secondary N) is 2. The molecule has 0 unspecified atom stereocenters. The second kappa shape index (κ2) is 10.6. The van der Waals surface area contributed by atoms with Crippen LogP contribution >= 0.6 is 12.4 Å². The largest absolute Gasteiger partial charge is 0.355 e. The minimum Gasteiger partial charge on any atom is -0.355 e. The van der Waals surface area contributed by atoms with Crippen molar-refractivity contribution < 1.29 is 13.2 Å². The molecule has 0 bridgehead atoms. The van der Waals surface area contributed by atoms with Crippen LogP contribution in [-0.4, -0.2) is 51.4 Å². The highest BCUT2D eigenvalue weighted by Gasteiger charge is 2.32. The fourth-order valence-corrected chi connectivity index (χ4v) is 5.49. The zero-order valence-electron chi connectivity index (χ0n) is 16.6. The highest BCUT2D eigenvalue weighted by molar-refractivity contribution is 7.89. The fourth-order valence-electron chi connectivity index (χ4n) is 3.97. The van der Waals surface area contributed by atoms with Crippen LogP contribution in [0.25, 0.3) is 0 Å². The summed E-state index contributed by atoms with van der Waals surface area (Å²) < 4.78 is 27.6. The number of carbonyl (C=O) groups excluding carboxylic acids is 1. The lowest BCUT2D eigenvalue weighted by Gasteiger charge is -2.31. The van der Waals surface area contributed by atoms with E-state index in [1.54, 1.807) is 10.4 Å². The molecule has 28 heavy (non-hydrogen) atoms. The van der Waals surface area contributed by atoms with Gasteiger partial charge in [0, 0.05) is 32.1 Å². The summed E-state index contributed by atoms with van der Waals surface area (Å²) in [7, 11) is -3.48. The minimum absolute atomic E-state index is 0. The molecule has 158 valence electrons. The van der Waals surface area contributed by atoms with Crippen molar-refractivity contribution >= 4 is 28.3 Å². The van der Waals surface area contributed by atoms with Crippen LogP contribution in [-0.2, 0) is 27.7 Å². The third-order valence-electron chi connectivity index (χ3n) is 5.63. The maximum Gasteiger partial charge on any atom is 0.243 e. The second-order valence-electron chi connectivity index (χ2n) is 7.46. The van der Waals surface area contributed by atoms with Crippen molar-refractivity contribution in [3.63, 3.8) is 0 Å². The molecule has 3 rings (SSSR count). The quantitative estimate of drug-likeness (QED) is 0.650. The lowest BCUT2D eigenvalue weighted by Crippen LogP contribution is -2.44. The van der Waals surface area contributed by atoms with Crippen LogP contribution in [0.2, 0.25) is 0 Å². The molecule has 1 aromatic carbocycles. The zero-order chi connectivity index (χ0) is 19.3. The van der Waals surface area contributed by atoms with Crippen LogP contribution in [0.3, 0.4) is 0 Å². The third kappa shape index (κ3) is 5.47.